The van der Waals surface area contributed by atoms with Gasteiger partial charge in [-0.1, -0.05) is 84.5 Å². The van der Waals surface area contributed by atoms with E-state index in [0.29, 0.717) is 29.9 Å². The summed E-state index contributed by atoms with van der Waals surface area (Å²) in [7, 11) is 0. The first-order chi connectivity index (χ1) is 21.1. The lowest BCUT2D eigenvalue weighted by Gasteiger charge is -2.20. The van der Waals surface area contributed by atoms with Gasteiger partial charge in [0.25, 0.3) is 0 Å². The molecule has 0 amide bonds. The molecule has 2 rings (SSSR count). The van der Waals surface area contributed by atoms with Crippen molar-refractivity contribution in [2.45, 2.75) is 127 Å². The van der Waals surface area contributed by atoms with Gasteiger partial charge in [-0.05, 0) is 67.8 Å². The molecule has 2 aromatic carbocycles. The van der Waals surface area contributed by atoms with Gasteiger partial charge in [0.1, 0.15) is 5.75 Å². The highest BCUT2D eigenvalue weighted by Gasteiger charge is 2.42. The third-order valence-electron chi connectivity index (χ3n) is 7.04. The quantitative estimate of drug-likeness (QED) is 0.0582. The molecule has 0 radical (unpaired) electrons. The largest absolute Gasteiger partial charge is 0.449 e. The predicted molar refractivity (Wildman–Crippen MR) is 166 cm³/mol. The lowest BCUT2D eigenvalue weighted by atomic mass is 10.1. The molecule has 1 unspecified atom stereocenters. The Balaban J connectivity index is 1.73. The molecule has 0 spiro atoms. The summed E-state index contributed by atoms with van der Waals surface area (Å²) in [4.78, 5) is 37.4. The number of esters is 2. The Hall–Kier alpha value is -3.01. The second-order valence-electron chi connectivity index (χ2n) is 10.8. The molecule has 0 heterocycles. The number of ether oxygens (including phenoxy) is 2. The third kappa shape index (κ3) is 15.1. The fourth-order valence-electron chi connectivity index (χ4n) is 4.45. The first-order valence-corrected chi connectivity index (χ1v) is 16.5. The second-order valence-corrected chi connectivity index (χ2v) is 11.6. The Morgan fingerprint density at radius 3 is 1.75 bits per heavy atom. The Kier molecular flexibility index (Phi) is 17.6. The summed E-state index contributed by atoms with van der Waals surface area (Å²) in [6.45, 7) is 4.16. The number of hydrogen-bond donors (Lipinski definition) is 0. The Labute approximate surface area is 263 Å². The van der Waals surface area contributed by atoms with E-state index < -0.39 is 24.2 Å². The number of unbranched alkanes of at least 4 members (excludes halogenated alkanes) is 11. The molecule has 10 heteroatoms. The van der Waals surface area contributed by atoms with E-state index >= 15 is 0 Å². The first-order valence-electron chi connectivity index (χ1n) is 15.7. The molecule has 1 atom stereocenters. The fourth-order valence-corrected chi connectivity index (χ4v) is 4.96. The van der Waals surface area contributed by atoms with Crippen LogP contribution >= 0.6 is 12.0 Å². The molecular weight excluding hydrogens is 593 g/mol. The summed E-state index contributed by atoms with van der Waals surface area (Å²) < 4.78 is 55.3. The van der Waals surface area contributed by atoms with E-state index in [0.717, 1.165) is 44.1 Å². The zero-order chi connectivity index (χ0) is 32.2. The van der Waals surface area contributed by atoms with E-state index in [4.69, 9.17) is 13.7 Å². The van der Waals surface area contributed by atoms with Crippen molar-refractivity contribution in [3.63, 3.8) is 0 Å². The first kappa shape index (κ1) is 37.2. The van der Waals surface area contributed by atoms with Crippen LogP contribution in [0.5, 0.6) is 5.75 Å². The highest BCUT2D eigenvalue weighted by atomic mass is 32.2. The van der Waals surface area contributed by atoms with Crippen LogP contribution < -0.4 is 4.74 Å². The number of rotatable bonds is 21. The molecule has 0 N–H and O–H groups in total. The number of benzene rings is 2. The predicted octanol–water partition coefficient (Wildman–Crippen LogP) is 10.4. The highest BCUT2D eigenvalue weighted by Crippen LogP contribution is 2.29. The number of hydrogen-bond acceptors (Lipinski definition) is 7. The van der Waals surface area contributed by atoms with Crippen molar-refractivity contribution in [3.8, 4) is 5.75 Å². The molecule has 2 aromatic rings. The summed E-state index contributed by atoms with van der Waals surface area (Å²) in [5.41, 5.74) is 0.208. The molecule has 244 valence electrons. The Morgan fingerprint density at radius 2 is 1.18 bits per heavy atom. The molecular formula is C34H45F3O6S. The maximum Gasteiger partial charge on any atom is 0.425 e. The molecule has 0 aliphatic carbocycles. The van der Waals surface area contributed by atoms with Gasteiger partial charge in [-0.25, -0.2) is 9.59 Å². The van der Waals surface area contributed by atoms with Crippen molar-refractivity contribution >= 4 is 30.0 Å². The van der Waals surface area contributed by atoms with Crippen LogP contribution in [0, 0.1) is 0 Å². The molecule has 0 saturated carbocycles. The minimum absolute atomic E-state index is 0.0357. The van der Waals surface area contributed by atoms with Gasteiger partial charge < -0.3 is 13.7 Å². The molecule has 0 aliphatic rings. The summed E-state index contributed by atoms with van der Waals surface area (Å²) in [6, 6.07) is 11.6. The van der Waals surface area contributed by atoms with Gasteiger partial charge in [0.05, 0.1) is 23.2 Å². The van der Waals surface area contributed by atoms with Crippen molar-refractivity contribution in [3.05, 3.63) is 59.7 Å². The van der Waals surface area contributed by atoms with E-state index in [9.17, 15) is 27.6 Å². The standard InChI is InChI=1S/C34H45F3O6S/c1-3-5-7-9-10-11-12-13-15-17-31(38)41-28-22-18-27(19-23-28)33(40)43-44-29-24-20-26(21-25-29)32(39)42-30(34(35,36)37)16-14-8-6-4-2/h18-25,30H,3-17H2,1-2H3. The third-order valence-corrected chi connectivity index (χ3v) is 7.74. The summed E-state index contributed by atoms with van der Waals surface area (Å²) in [5.74, 6) is -1.68. The van der Waals surface area contributed by atoms with Crippen LogP contribution in [0.3, 0.4) is 0 Å². The number of halogens is 3. The molecule has 6 nitrogen and oxygen atoms in total. The van der Waals surface area contributed by atoms with E-state index in [1.54, 1.807) is 0 Å². The van der Waals surface area contributed by atoms with Crippen LogP contribution in [0.2, 0.25) is 0 Å². The normalized spacial score (nSPS) is 12.0. The molecule has 0 saturated heterocycles. The molecule has 0 bridgehead atoms. The van der Waals surface area contributed by atoms with Gasteiger partial charge in [0.15, 0.2) is 6.10 Å². The van der Waals surface area contributed by atoms with Crippen molar-refractivity contribution in [2.24, 2.45) is 0 Å². The van der Waals surface area contributed by atoms with E-state index in [2.05, 4.69) is 6.92 Å². The van der Waals surface area contributed by atoms with Crippen molar-refractivity contribution in [2.75, 3.05) is 0 Å². The highest BCUT2D eigenvalue weighted by molar-refractivity contribution is 7.95. The minimum atomic E-state index is -4.64. The topological polar surface area (TPSA) is 78.9 Å². The van der Waals surface area contributed by atoms with Crippen molar-refractivity contribution in [1.29, 1.82) is 0 Å². The van der Waals surface area contributed by atoms with E-state index in [1.807, 2.05) is 6.92 Å². The molecule has 0 aromatic heterocycles. The Bertz CT molecular complexity index is 1120. The van der Waals surface area contributed by atoms with Crippen LogP contribution in [-0.4, -0.2) is 30.2 Å². The summed E-state index contributed by atoms with van der Waals surface area (Å²) in [5, 5.41) is 0. The van der Waals surface area contributed by atoms with Crippen LogP contribution in [0.4, 0.5) is 13.2 Å². The maximum atomic E-state index is 13.3. The van der Waals surface area contributed by atoms with E-state index in [-0.39, 0.29) is 23.5 Å². The van der Waals surface area contributed by atoms with Crippen LogP contribution in [0.25, 0.3) is 0 Å². The van der Waals surface area contributed by atoms with Gasteiger partial charge in [-0.2, -0.15) is 13.2 Å². The average Bonchev–Trinajstić information content (AvgIpc) is 3.00. The van der Waals surface area contributed by atoms with Gasteiger partial charge in [0, 0.05) is 11.3 Å². The SMILES string of the molecule is CCCCCCCCCCCC(=O)Oc1ccc(C(=O)OSc2ccc(C(=O)OC(CCCCCC)C(F)(F)F)cc2)cc1. The Morgan fingerprint density at radius 1 is 0.682 bits per heavy atom. The molecule has 0 aliphatic heterocycles. The zero-order valence-electron chi connectivity index (χ0n) is 25.8. The van der Waals surface area contributed by atoms with Crippen molar-refractivity contribution in [1.82, 2.24) is 0 Å². The monoisotopic (exact) mass is 638 g/mol. The van der Waals surface area contributed by atoms with Crippen LogP contribution in [-0.2, 0) is 13.7 Å². The second kappa shape index (κ2) is 20.9. The number of alkyl halides is 3. The smallest absolute Gasteiger partial charge is 0.425 e. The lowest BCUT2D eigenvalue weighted by molar-refractivity contribution is -0.206. The van der Waals surface area contributed by atoms with Gasteiger partial charge in [-0.15, -0.1) is 0 Å². The van der Waals surface area contributed by atoms with E-state index in [1.165, 1.54) is 87.1 Å². The number of carbonyl (C=O) groups is 3. The minimum Gasteiger partial charge on any atom is -0.449 e. The average molecular weight is 639 g/mol. The van der Waals surface area contributed by atoms with Gasteiger partial charge in [0.2, 0.25) is 0 Å². The maximum absolute atomic E-state index is 13.3. The van der Waals surface area contributed by atoms with Gasteiger partial charge in [-0.3, -0.25) is 4.79 Å². The summed E-state index contributed by atoms with van der Waals surface area (Å²) in [6.07, 6.45) is 6.39. The zero-order valence-corrected chi connectivity index (χ0v) is 26.6. The van der Waals surface area contributed by atoms with Crippen LogP contribution in [0.1, 0.15) is 131 Å². The van der Waals surface area contributed by atoms with Crippen LogP contribution in [0.15, 0.2) is 53.4 Å². The number of carbonyl (C=O) groups excluding carboxylic acids is 3. The van der Waals surface area contributed by atoms with Crippen molar-refractivity contribution < 1.29 is 41.2 Å². The van der Waals surface area contributed by atoms with Gasteiger partial charge >= 0.3 is 24.1 Å². The summed E-state index contributed by atoms with van der Waals surface area (Å²) >= 11 is 0.745. The molecule has 44 heavy (non-hydrogen) atoms. The lowest BCUT2D eigenvalue weighted by Crippen LogP contribution is -2.33. The molecule has 0 fully saturated rings. The fraction of sp³-hybridized carbons (Fsp3) is 0.559.